The van der Waals surface area contributed by atoms with Crippen molar-refractivity contribution in [1.29, 1.82) is 0 Å². The van der Waals surface area contributed by atoms with E-state index in [9.17, 15) is 0 Å². The highest BCUT2D eigenvalue weighted by Crippen LogP contribution is 2.37. The van der Waals surface area contributed by atoms with Crippen LogP contribution in [0.3, 0.4) is 0 Å². The lowest BCUT2D eigenvalue weighted by atomic mass is 10.1. The minimum Gasteiger partial charge on any atom is -0.313 e. The zero-order chi connectivity index (χ0) is 13.9. The number of nitrogens with zero attached hydrogens (tertiary/aromatic N) is 1. The number of hydrogen-bond acceptors (Lipinski definition) is 4. The summed E-state index contributed by atoms with van der Waals surface area (Å²) in [5, 5.41) is 3.30. The molecule has 20 heavy (non-hydrogen) atoms. The number of hydrogen-bond donors (Lipinski definition) is 1. The van der Waals surface area contributed by atoms with Crippen LogP contribution in [0, 0.1) is 0 Å². The van der Waals surface area contributed by atoms with Crippen LogP contribution in [-0.4, -0.2) is 12.0 Å². The Balaban J connectivity index is 1.94. The van der Waals surface area contributed by atoms with Crippen molar-refractivity contribution < 1.29 is 0 Å². The first-order valence-corrected chi connectivity index (χ1v) is 8.21. The van der Waals surface area contributed by atoms with Crippen molar-refractivity contribution in [3.63, 3.8) is 0 Å². The van der Waals surface area contributed by atoms with Gasteiger partial charge in [-0.2, -0.15) is 0 Å². The summed E-state index contributed by atoms with van der Waals surface area (Å²) in [6.45, 7) is 2.18. The molecule has 0 saturated heterocycles. The fourth-order valence-electron chi connectivity index (χ4n) is 2.08. The summed E-state index contributed by atoms with van der Waals surface area (Å²) in [6.07, 6.45) is 0. The zero-order valence-corrected chi connectivity index (χ0v) is 13.1. The van der Waals surface area contributed by atoms with Crippen molar-refractivity contribution in [2.75, 3.05) is 7.05 Å². The van der Waals surface area contributed by atoms with Gasteiger partial charge in [-0.05, 0) is 37.7 Å². The Labute approximate surface area is 127 Å². The third kappa shape index (κ3) is 2.73. The number of thiazole rings is 1. The van der Waals surface area contributed by atoms with Gasteiger partial charge in [0.25, 0.3) is 0 Å². The van der Waals surface area contributed by atoms with Crippen molar-refractivity contribution in [1.82, 2.24) is 10.3 Å². The zero-order valence-electron chi connectivity index (χ0n) is 11.5. The lowest BCUT2D eigenvalue weighted by molar-refractivity contribution is 0.641. The molecule has 0 aliphatic heterocycles. The molecule has 0 fully saturated rings. The van der Waals surface area contributed by atoms with Crippen LogP contribution in [0.15, 0.2) is 57.8 Å². The Hall–Kier alpha value is -1.36. The molecule has 0 radical (unpaired) electrons. The van der Waals surface area contributed by atoms with Gasteiger partial charge in [0, 0.05) is 10.9 Å². The molecule has 0 bridgehead atoms. The van der Waals surface area contributed by atoms with Crippen molar-refractivity contribution >= 4 is 33.3 Å². The van der Waals surface area contributed by atoms with Gasteiger partial charge in [0.1, 0.15) is 0 Å². The van der Waals surface area contributed by atoms with E-state index < -0.39 is 0 Å². The molecule has 0 amide bonds. The molecule has 3 aromatic rings. The molecule has 3 rings (SSSR count). The fourth-order valence-corrected chi connectivity index (χ4v) is 4.32. The van der Waals surface area contributed by atoms with Crippen LogP contribution in [-0.2, 0) is 0 Å². The lowest BCUT2D eigenvalue weighted by Crippen LogP contribution is -2.12. The van der Waals surface area contributed by atoms with E-state index in [1.807, 2.05) is 13.1 Å². The summed E-state index contributed by atoms with van der Waals surface area (Å²) >= 11 is 3.50. The molecular formula is C16H16N2S2. The predicted molar refractivity (Wildman–Crippen MR) is 87.7 cm³/mol. The minimum atomic E-state index is 0.341. The van der Waals surface area contributed by atoms with Crippen molar-refractivity contribution in [3.8, 4) is 0 Å². The molecular weight excluding hydrogens is 284 g/mol. The quantitative estimate of drug-likeness (QED) is 0.754. The Morgan fingerprint density at radius 2 is 1.85 bits per heavy atom. The molecule has 1 unspecified atom stereocenters. The van der Waals surface area contributed by atoms with Gasteiger partial charge in [0.2, 0.25) is 0 Å². The average Bonchev–Trinajstić information content (AvgIpc) is 2.89. The molecule has 0 spiro atoms. The number of para-hydroxylation sites is 1. The Morgan fingerprint density at radius 3 is 2.65 bits per heavy atom. The largest absolute Gasteiger partial charge is 0.313 e. The van der Waals surface area contributed by atoms with Crippen LogP contribution in [0.4, 0.5) is 0 Å². The van der Waals surface area contributed by atoms with Crippen LogP contribution < -0.4 is 5.32 Å². The van der Waals surface area contributed by atoms with E-state index in [0.717, 1.165) is 9.86 Å². The highest BCUT2D eigenvalue weighted by molar-refractivity contribution is 8.01. The third-order valence-corrected chi connectivity index (χ3v) is 5.48. The van der Waals surface area contributed by atoms with Gasteiger partial charge in [-0.1, -0.05) is 42.1 Å². The van der Waals surface area contributed by atoms with Gasteiger partial charge in [-0.15, -0.1) is 11.3 Å². The van der Waals surface area contributed by atoms with Gasteiger partial charge in [-0.25, -0.2) is 4.98 Å². The smallest absolute Gasteiger partial charge is 0.155 e. The highest BCUT2D eigenvalue weighted by atomic mass is 32.2. The monoisotopic (exact) mass is 300 g/mol. The van der Waals surface area contributed by atoms with Gasteiger partial charge in [0.15, 0.2) is 4.34 Å². The summed E-state index contributed by atoms with van der Waals surface area (Å²) in [5.41, 5.74) is 2.40. The molecule has 1 heterocycles. The number of nitrogens with one attached hydrogen (secondary N) is 1. The standard InChI is InChI=1S/C16H16N2S2/c1-11(17-2)12-7-3-5-9-14(12)19-16-18-13-8-4-6-10-15(13)20-16/h3-11,17H,1-2H3. The maximum atomic E-state index is 4.70. The van der Waals surface area contributed by atoms with E-state index in [4.69, 9.17) is 4.98 Å². The average molecular weight is 300 g/mol. The van der Waals surface area contributed by atoms with Gasteiger partial charge < -0.3 is 5.32 Å². The lowest BCUT2D eigenvalue weighted by Gasteiger charge is -2.14. The number of benzene rings is 2. The first-order valence-electron chi connectivity index (χ1n) is 6.57. The molecule has 2 aromatic carbocycles. The summed E-state index contributed by atoms with van der Waals surface area (Å²) < 4.78 is 2.34. The molecule has 0 saturated carbocycles. The van der Waals surface area contributed by atoms with E-state index in [1.165, 1.54) is 15.2 Å². The van der Waals surface area contributed by atoms with E-state index in [2.05, 4.69) is 54.7 Å². The summed E-state index contributed by atoms with van der Waals surface area (Å²) in [5.74, 6) is 0. The van der Waals surface area contributed by atoms with Crippen molar-refractivity contribution in [2.24, 2.45) is 0 Å². The second-order valence-corrected chi connectivity index (χ2v) is 6.92. The van der Waals surface area contributed by atoms with Crippen LogP contribution in [0.1, 0.15) is 18.5 Å². The fraction of sp³-hybridized carbons (Fsp3) is 0.188. The molecule has 1 N–H and O–H groups in total. The maximum absolute atomic E-state index is 4.70. The Bertz CT molecular complexity index is 688. The van der Waals surface area contributed by atoms with Crippen LogP contribution in [0.5, 0.6) is 0 Å². The van der Waals surface area contributed by atoms with Gasteiger partial charge in [0.05, 0.1) is 10.2 Å². The normalized spacial score (nSPS) is 12.7. The molecule has 0 aliphatic rings. The first-order chi connectivity index (χ1) is 9.78. The maximum Gasteiger partial charge on any atom is 0.155 e. The third-order valence-electron chi connectivity index (χ3n) is 3.29. The highest BCUT2D eigenvalue weighted by Gasteiger charge is 2.11. The molecule has 0 aliphatic carbocycles. The van der Waals surface area contributed by atoms with Crippen LogP contribution in [0.2, 0.25) is 0 Å². The van der Waals surface area contributed by atoms with Crippen molar-refractivity contribution in [3.05, 3.63) is 54.1 Å². The summed E-state index contributed by atoms with van der Waals surface area (Å²) in [6, 6.07) is 17.1. The topological polar surface area (TPSA) is 24.9 Å². The molecule has 2 nitrogen and oxygen atoms in total. The number of fused-ring (bicyclic) bond motifs is 1. The second kappa shape index (κ2) is 5.95. The SMILES string of the molecule is CNC(C)c1ccccc1Sc1nc2ccccc2s1. The summed E-state index contributed by atoms with van der Waals surface area (Å²) in [7, 11) is 1.99. The van der Waals surface area contributed by atoms with E-state index in [-0.39, 0.29) is 0 Å². The molecule has 1 atom stereocenters. The Morgan fingerprint density at radius 1 is 1.10 bits per heavy atom. The summed E-state index contributed by atoms with van der Waals surface area (Å²) in [4.78, 5) is 5.97. The Kier molecular flexibility index (Phi) is 4.05. The number of rotatable bonds is 4. The molecule has 4 heteroatoms. The predicted octanol–water partition coefficient (Wildman–Crippen LogP) is 4.73. The van der Waals surface area contributed by atoms with E-state index in [1.54, 1.807) is 23.1 Å². The van der Waals surface area contributed by atoms with E-state index in [0.29, 0.717) is 6.04 Å². The van der Waals surface area contributed by atoms with Crippen molar-refractivity contribution in [2.45, 2.75) is 22.2 Å². The number of aromatic nitrogens is 1. The molecule has 1 aromatic heterocycles. The van der Waals surface area contributed by atoms with Crippen LogP contribution >= 0.6 is 23.1 Å². The van der Waals surface area contributed by atoms with Gasteiger partial charge in [-0.3, -0.25) is 0 Å². The van der Waals surface area contributed by atoms with Gasteiger partial charge >= 0.3 is 0 Å². The van der Waals surface area contributed by atoms with Crippen LogP contribution in [0.25, 0.3) is 10.2 Å². The first kappa shape index (κ1) is 13.6. The second-order valence-electron chi connectivity index (χ2n) is 4.60. The molecule has 102 valence electrons. The van der Waals surface area contributed by atoms with E-state index >= 15 is 0 Å². The minimum absolute atomic E-state index is 0.341.